The fraction of sp³-hybridized carbons (Fsp3) is 0.417. The van der Waals surface area contributed by atoms with Crippen molar-refractivity contribution in [3.8, 4) is 0 Å². The van der Waals surface area contributed by atoms with Gasteiger partial charge >= 0.3 is 6.18 Å². The van der Waals surface area contributed by atoms with Crippen LogP contribution in [0.15, 0.2) is 24.3 Å². The molecular weight excluding hydrogens is 245 g/mol. The first-order chi connectivity index (χ1) is 8.31. The van der Waals surface area contributed by atoms with Gasteiger partial charge in [0, 0.05) is 24.8 Å². The van der Waals surface area contributed by atoms with Gasteiger partial charge in [0.15, 0.2) is 0 Å². The normalized spacial score (nSPS) is 11.2. The van der Waals surface area contributed by atoms with E-state index in [1.807, 2.05) is 0 Å². The highest BCUT2D eigenvalue weighted by molar-refractivity contribution is 5.89. The minimum Gasteiger partial charge on any atom is -0.363 e. The number of amides is 1. The molecule has 1 rings (SSSR count). The van der Waals surface area contributed by atoms with Gasteiger partial charge in [-0.05, 0) is 25.1 Å². The molecule has 100 valence electrons. The molecule has 0 aromatic heterocycles. The Morgan fingerprint density at radius 1 is 1.39 bits per heavy atom. The van der Waals surface area contributed by atoms with E-state index < -0.39 is 12.7 Å². The SMILES string of the molecule is CCN(CC(F)(F)F)c1cccc(NC(C)=O)c1. The lowest BCUT2D eigenvalue weighted by atomic mass is 10.2. The summed E-state index contributed by atoms with van der Waals surface area (Å²) < 4.78 is 37.1. The second-order valence-corrected chi connectivity index (χ2v) is 3.86. The minimum atomic E-state index is -4.25. The zero-order valence-electron chi connectivity index (χ0n) is 10.2. The first-order valence-electron chi connectivity index (χ1n) is 5.51. The second kappa shape index (κ2) is 5.75. The number of nitrogens with zero attached hydrogens (tertiary/aromatic N) is 1. The topological polar surface area (TPSA) is 32.3 Å². The molecule has 18 heavy (non-hydrogen) atoms. The first-order valence-corrected chi connectivity index (χ1v) is 5.51. The van der Waals surface area contributed by atoms with E-state index in [1.165, 1.54) is 17.9 Å². The summed E-state index contributed by atoms with van der Waals surface area (Å²) >= 11 is 0. The number of alkyl halides is 3. The van der Waals surface area contributed by atoms with Crippen molar-refractivity contribution in [3.63, 3.8) is 0 Å². The van der Waals surface area contributed by atoms with Gasteiger partial charge in [-0.1, -0.05) is 6.07 Å². The molecule has 1 aromatic carbocycles. The van der Waals surface area contributed by atoms with Gasteiger partial charge < -0.3 is 10.2 Å². The van der Waals surface area contributed by atoms with Crippen molar-refractivity contribution >= 4 is 17.3 Å². The molecular formula is C12H15F3N2O. The van der Waals surface area contributed by atoms with Gasteiger partial charge in [-0.2, -0.15) is 13.2 Å². The van der Waals surface area contributed by atoms with E-state index in [-0.39, 0.29) is 12.5 Å². The fourth-order valence-corrected chi connectivity index (χ4v) is 1.59. The Labute approximate surface area is 104 Å². The summed E-state index contributed by atoms with van der Waals surface area (Å²) in [6, 6.07) is 6.35. The van der Waals surface area contributed by atoms with E-state index >= 15 is 0 Å². The number of carbonyl (C=O) groups is 1. The van der Waals surface area contributed by atoms with Crippen LogP contribution in [-0.4, -0.2) is 25.2 Å². The van der Waals surface area contributed by atoms with Crippen molar-refractivity contribution in [2.75, 3.05) is 23.3 Å². The maximum Gasteiger partial charge on any atom is 0.405 e. The van der Waals surface area contributed by atoms with Gasteiger partial charge in [-0.15, -0.1) is 0 Å². The third kappa shape index (κ3) is 4.65. The molecule has 1 N–H and O–H groups in total. The quantitative estimate of drug-likeness (QED) is 0.902. The molecule has 1 aromatic rings. The summed E-state index contributed by atoms with van der Waals surface area (Å²) in [7, 11) is 0. The van der Waals surface area contributed by atoms with Crippen LogP contribution in [0.3, 0.4) is 0 Å². The Hall–Kier alpha value is -1.72. The molecule has 0 fully saturated rings. The van der Waals surface area contributed by atoms with Crippen LogP contribution in [-0.2, 0) is 4.79 Å². The monoisotopic (exact) mass is 260 g/mol. The predicted octanol–water partition coefficient (Wildman–Crippen LogP) is 3.03. The van der Waals surface area contributed by atoms with Crippen LogP contribution in [0.4, 0.5) is 24.5 Å². The molecule has 0 spiro atoms. The smallest absolute Gasteiger partial charge is 0.363 e. The summed E-state index contributed by atoms with van der Waals surface area (Å²) in [6.45, 7) is 2.23. The Morgan fingerprint density at radius 3 is 2.56 bits per heavy atom. The molecule has 0 bridgehead atoms. The lowest BCUT2D eigenvalue weighted by molar-refractivity contribution is -0.119. The summed E-state index contributed by atoms with van der Waals surface area (Å²) in [5.74, 6) is -0.258. The van der Waals surface area contributed by atoms with Crippen LogP contribution in [0.5, 0.6) is 0 Å². The first kappa shape index (κ1) is 14.3. The molecule has 0 aliphatic carbocycles. The molecule has 0 heterocycles. The third-order valence-corrected chi connectivity index (χ3v) is 2.28. The molecule has 0 aliphatic heterocycles. The van der Waals surface area contributed by atoms with E-state index in [9.17, 15) is 18.0 Å². The number of halogens is 3. The highest BCUT2D eigenvalue weighted by atomic mass is 19.4. The Kier molecular flexibility index (Phi) is 4.58. The Bertz CT molecular complexity index is 418. The van der Waals surface area contributed by atoms with Crippen LogP contribution < -0.4 is 10.2 Å². The van der Waals surface area contributed by atoms with Crippen LogP contribution in [0.1, 0.15) is 13.8 Å². The largest absolute Gasteiger partial charge is 0.405 e. The molecule has 0 saturated carbocycles. The average Bonchev–Trinajstić information content (AvgIpc) is 2.24. The minimum absolute atomic E-state index is 0.239. The van der Waals surface area contributed by atoms with Crippen molar-refractivity contribution in [3.05, 3.63) is 24.3 Å². The van der Waals surface area contributed by atoms with E-state index in [4.69, 9.17) is 0 Å². The zero-order chi connectivity index (χ0) is 13.8. The van der Waals surface area contributed by atoms with Crippen molar-refractivity contribution in [1.29, 1.82) is 0 Å². The van der Waals surface area contributed by atoms with Crippen molar-refractivity contribution in [1.82, 2.24) is 0 Å². The number of carbonyl (C=O) groups excluding carboxylic acids is 1. The highest BCUT2D eigenvalue weighted by Crippen LogP contribution is 2.24. The molecule has 0 saturated heterocycles. The van der Waals surface area contributed by atoms with Crippen LogP contribution in [0, 0.1) is 0 Å². The third-order valence-electron chi connectivity index (χ3n) is 2.28. The molecule has 3 nitrogen and oxygen atoms in total. The van der Waals surface area contributed by atoms with E-state index in [0.29, 0.717) is 11.4 Å². The molecule has 0 atom stereocenters. The number of rotatable bonds is 4. The number of nitrogens with one attached hydrogen (secondary N) is 1. The van der Waals surface area contributed by atoms with Crippen LogP contribution >= 0.6 is 0 Å². The van der Waals surface area contributed by atoms with Crippen molar-refractivity contribution in [2.24, 2.45) is 0 Å². The summed E-state index contributed by atoms with van der Waals surface area (Å²) in [5, 5.41) is 2.54. The van der Waals surface area contributed by atoms with Gasteiger partial charge in [-0.3, -0.25) is 4.79 Å². The van der Waals surface area contributed by atoms with E-state index in [2.05, 4.69) is 5.32 Å². The second-order valence-electron chi connectivity index (χ2n) is 3.86. The standard InChI is InChI=1S/C12H15F3N2O/c1-3-17(8-12(13,14)15)11-6-4-5-10(7-11)16-9(2)18/h4-7H,3,8H2,1-2H3,(H,16,18). The van der Waals surface area contributed by atoms with Gasteiger partial charge in [0.05, 0.1) is 0 Å². The molecule has 0 unspecified atom stereocenters. The molecule has 6 heteroatoms. The van der Waals surface area contributed by atoms with Crippen LogP contribution in [0.25, 0.3) is 0 Å². The summed E-state index contributed by atoms with van der Waals surface area (Å²) in [4.78, 5) is 12.1. The van der Waals surface area contributed by atoms with E-state index in [0.717, 1.165) is 0 Å². The lowest BCUT2D eigenvalue weighted by Crippen LogP contribution is -2.34. The number of hydrogen-bond acceptors (Lipinski definition) is 2. The van der Waals surface area contributed by atoms with Gasteiger partial charge in [0.1, 0.15) is 6.54 Å². The van der Waals surface area contributed by atoms with Gasteiger partial charge in [0.2, 0.25) is 5.91 Å². The zero-order valence-corrected chi connectivity index (χ0v) is 10.2. The number of benzene rings is 1. The van der Waals surface area contributed by atoms with Gasteiger partial charge in [-0.25, -0.2) is 0 Å². The van der Waals surface area contributed by atoms with E-state index in [1.54, 1.807) is 25.1 Å². The number of anilines is 2. The maximum atomic E-state index is 12.4. The lowest BCUT2D eigenvalue weighted by Gasteiger charge is -2.24. The fourth-order valence-electron chi connectivity index (χ4n) is 1.59. The molecule has 0 aliphatic rings. The van der Waals surface area contributed by atoms with Crippen molar-refractivity contribution < 1.29 is 18.0 Å². The predicted molar refractivity (Wildman–Crippen MR) is 64.7 cm³/mol. The Morgan fingerprint density at radius 2 is 2.06 bits per heavy atom. The Balaban J connectivity index is 2.89. The number of hydrogen-bond donors (Lipinski definition) is 1. The van der Waals surface area contributed by atoms with Gasteiger partial charge in [0.25, 0.3) is 0 Å². The van der Waals surface area contributed by atoms with Crippen LogP contribution in [0.2, 0.25) is 0 Å². The molecule has 0 radical (unpaired) electrons. The molecule has 1 amide bonds. The maximum absolute atomic E-state index is 12.4. The van der Waals surface area contributed by atoms with Crippen molar-refractivity contribution in [2.45, 2.75) is 20.0 Å². The average molecular weight is 260 g/mol. The summed E-state index contributed by atoms with van der Waals surface area (Å²) in [6.07, 6.45) is -4.25. The highest BCUT2D eigenvalue weighted by Gasteiger charge is 2.30. The summed E-state index contributed by atoms with van der Waals surface area (Å²) in [5.41, 5.74) is 0.918.